The molecule has 40 heavy (non-hydrogen) atoms. The minimum absolute atomic E-state index is 0.0385. The second kappa shape index (κ2) is 11.3. The van der Waals surface area contributed by atoms with Crippen molar-refractivity contribution in [2.24, 2.45) is 10.8 Å². The standard InChI is InChI=1S/C23H30ClN6O9P/c1-11(2)37-21(33)12(3)29-40(35,39-14-7-5-13(24)6-8-14)36-10-16-17(31)23(4,34)18(38-16)19-26-9-15-20(32)27-22(25)28-30(15)19/h5-9,11-12,16-17,26,31,34H,10H2,1-4H3,(H,29,35)(H3,25,27,28,32)/p+1/b19-18+/t12-,16+,17+,23+,40?/m0/s1. The number of aliphatic hydroxyl groups is 2. The van der Waals surface area contributed by atoms with Crippen molar-refractivity contribution in [1.82, 2.24) is 15.6 Å². The Labute approximate surface area is 234 Å². The van der Waals surface area contributed by atoms with Gasteiger partial charge in [-0.3, -0.25) is 10.1 Å². The molecule has 0 radical (unpaired) electrons. The number of hydrazone groups is 1. The quantitative estimate of drug-likeness (QED) is 0.157. The fraction of sp³-hybridized carbons (Fsp3) is 0.435. The number of aliphatic hydroxyl groups excluding tert-OH is 1. The van der Waals surface area contributed by atoms with Crippen molar-refractivity contribution in [3.05, 3.63) is 52.8 Å². The van der Waals surface area contributed by atoms with Crippen LogP contribution in [0.15, 0.2) is 52.8 Å². The molecule has 4 rings (SSSR count). The van der Waals surface area contributed by atoms with Crippen LogP contribution in [0.25, 0.3) is 0 Å². The molecule has 1 fully saturated rings. The van der Waals surface area contributed by atoms with Gasteiger partial charge in [0.15, 0.2) is 29.3 Å². The maximum absolute atomic E-state index is 13.8. The van der Waals surface area contributed by atoms with E-state index in [4.69, 9.17) is 35.9 Å². The third kappa shape index (κ3) is 6.19. The number of nitrogens with zero attached hydrogens (tertiary/aromatic N) is 2. The van der Waals surface area contributed by atoms with E-state index < -0.39 is 56.2 Å². The molecule has 1 unspecified atom stereocenters. The molecule has 3 aliphatic heterocycles. The van der Waals surface area contributed by atoms with Gasteiger partial charge in [-0.15, -0.1) is 5.10 Å². The minimum atomic E-state index is -4.20. The number of hydrogen-bond acceptors (Lipinski definition) is 13. The maximum Gasteiger partial charge on any atom is 0.584 e. The molecule has 3 aliphatic rings. The lowest BCUT2D eigenvalue weighted by molar-refractivity contribution is -0.549. The number of carbonyl (C=O) groups is 2. The highest BCUT2D eigenvalue weighted by Crippen LogP contribution is 2.43. The Morgan fingerprint density at radius 3 is 2.67 bits per heavy atom. The molecule has 3 heterocycles. The Bertz CT molecular complexity index is 1320. The summed E-state index contributed by atoms with van der Waals surface area (Å²) in [5, 5.41) is 33.8. The maximum atomic E-state index is 13.8. The van der Waals surface area contributed by atoms with Crippen LogP contribution in [-0.4, -0.2) is 69.6 Å². The molecule has 5 atom stereocenters. The number of nitrogens with one attached hydrogen (secondary N) is 2. The average Bonchev–Trinajstić information content (AvgIpc) is 3.37. The van der Waals surface area contributed by atoms with E-state index >= 15 is 0 Å². The number of hydrogen-bond donors (Lipinski definition) is 6. The molecule has 1 amide bonds. The Hall–Kier alpha value is -3.33. The number of guanidine groups is 1. The molecular weight excluding hydrogens is 571 g/mol. The zero-order valence-corrected chi connectivity index (χ0v) is 23.7. The van der Waals surface area contributed by atoms with Gasteiger partial charge in [-0.1, -0.05) is 11.6 Å². The van der Waals surface area contributed by atoms with Crippen LogP contribution in [0.4, 0.5) is 0 Å². The number of nitrogens with two attached hydrogens (primary N) is 2. The predicted octanol–water partition coefficient (Wildman–Crippen LogP) is -0.467. The molecular formula is C23H31ClN6O9P+. The van der Waals surface area contributed by atoms with Crippen molar-refractivity contribution >= 4 is 37.2 Å². The van der Waals surface area contributed by atoms with E-state index in [1.165, 1.54) is 44.3 Å². The van der Waals surface area contributed by atoms with E-state index in [1.54, 1.807) is 13.8 Å². The fourth-order valence-electron chi connectivity index (χ4n) is 3.97. The normalized spacial score (nSPS) is 28.0. The van der Waals surface area contributed by atoms with E-state index in [2.05, 4.69) is 15.7 Å². The predicted molar refractivity (Wildman–Crippen MR) is 140 cm³/mol. The summed E-state index contributed by atoms with van der Waals surface area (Å²) in [4.78, 5) is 24.6. The van der Waals surface area contributed by atoms with Crippen molar-refractivity contribution in [2.45, 2.75) is 57.6 Å². The third-order valence-electron chi connectivity index (χ3n) is 5.93. The molecule has 0 aromatic heterocycles. The number of benzene rings is 1. The van der Waals surface area contributed by atoms with Gasteiger partial charge in [0.2, 0.25) is 5.96 Å². The Balaban J connectivity index is 1.55. The van der Waals surface area contributed by atoms with Gasteiger partial charge < -0.3 is 35.3 Å². The summed E-state index contributed by atoms with van der Waals surface area (Å²) in [6, 6.07) is 4.98. The van der Waals surface area contributed by atoms with E-state index in [0.29, 0.717) is 5.02 Å². The van der Waals surface area contributed by atoms with Crippen LogP contribution in [0.3, 0.4) is 0 Å². The monoisotopic (exact) mass is 601 g/mol. The van der Waals surface area contributed by atoms with Crippen LogP contribution in [0, 0.1) is 0 Å². The molecule has 0 bridgehead atoms. The van der Waals surface area contributed by atoms with Crippen LogP contribution in [0.1, 0.15) is 27.7 Å². The van der Waals surface area contributed by atoms with Gasteiger partial charge in [0.05, 0.1) is 6.10 Å². The SMILES string of the molecule is CC(C)OC(=O)[C@H](C)[NH2+]P(=O)(OC[C@H]1O/C(=C2\NC=C3C(=O)NC(N)=NN32)[C@](C)(O)[C@@H]1O)Oc1ccc(Cl)cc1. The van der Waals surface area contributed by atoms with Crippen LogP contribution in [-0.2, 0) is 28.2 Å². The number of halogens is 1. The molecule has 0 saturated carbocycles. The van der Waals surface area contributed by atoms with Crippen LogP contribution in [0.5, 0.6) is 5.75 Å². The largest absolute Gasteiger partial charge is 0.584 e. The van der Waals surface area contributed by atoms with Crippen molar-refractivity contribution in [3.8, 4) is 5.75 Å². The molecule has 17 heteroatoms. The summed E-state index contributed by atoms with van der Waals surface area (Å²) in [6.45, 7) is 5.58. The molecule has 218 valence electrons. The topological polar surface area (TPSA) is 211 Å². The molecule has 1 aromatic carbocycles. The van der Waals surface area contributed by atoms with E-state index in [-0.39, 0.29) is 29.0 Å². The number of ether oxygens (including phenoxy) is 2. The smallest absolute Gasteiger partial charge is 0.482 e. The summed E-state index contributed by atoms with van der Waals surface area (Å²) in [6.07, 6.45) is -1.91. The van der Waals surface area contributed by atoms with E-state index in [1.807, 2.05) is 0 Å². The minimum Gasteiger partial charge on any atom is -0.482 e. The number of esters is 1. The van der Waals surface area contributed by atoms with E-state index in [9.17, 15) is 24.4 Å². The molecule has 15 nitrogen and oxygen atoms in total. The second-order valence-corrected chi connectivity index (χ2v) is 11.9. The first-order valence-electron chi connectivity index (χ1n) is 12.2. The zero-order chi connectivity index (χ0) is 29.4. The zero-order valence-electron chi connectivity index (χ0n) is 22.0. The number of quaternary nitrogens is 1. The molecule has 1 aromatic rings. The fourth-order valence-corrected chi connectivity index (χ4v) is 5.73. The lowest BCUT2D eigenvalue weighted by atomic mass is 9.96. The number of amides is 1. The van der Waals surface area contributed by atoms with Gasteiger partial charge in [-0.2, -0.15) is 4.57 Å². The lowest BCUT2D eigenvalue weighted by Gasteiger charge is -2.26. The first kappa shape index (κ1) is 29.6. The summed E-state index contributed by atoms with van der Waals surface area (Å²) in [7, 11) is -4.20. The number of fused-ring (bicyclic) bond motifs is 1. The molecule has 0 spiro atoms. The highest BCUT2D eigenvalue weighted by atomic mass is 35.5. The first-order valence-corrected chi connectivity index (χ1v) is 14.2. The summed E-state index contributed by atoms with van der Waals surface area (Å²) in [5.41, 5.74) is 3.74. The number of carbonyl (C=O) groups excluding carboxylic acids is 2. The van der Waals surface area contributed by atoms with Crippen molar-refractivity contribution in [2.75, 3.05) is 6.61 Å². The third-order valence-corrected chi connectivity index (χ3v) is 7.97. The second-order valence-electron chi connectivity index (χ2n) is 9.66. The van der Waals surface area contributed by atoms with Crippen LogP contribution < -0.4 is 26.0 Å². The molecule has 1 saturated heterocycles. The molecule has 0 aliphatic carbocycles. The Morgan fingerprint density at radius 1 is 1.35 bits per heavy atom. The van der Waals surface area contributed by atoms with Crippen molar-refractivity contribution < 1.29 is 48.0 Å². The van der Waals surface area contributed by atoms with Gasteiger partial charge in [-0.05, 0) is 52.0 Å². The van der Waals surface area contributed by atoms with Crippen LogP contribution in [0.2, 0.25) is 5.02 Å². The van der Waals surface area contributed by atoms with Crippen molar-refractivity contribution in [3.63, 3.8) is 0 Å². The van der Waals surface area contributed by atoms with Gasteiger partial charge in [0, 0.05) is 11.2 Å². The summed E-state index contributed by atoms with van der Waals surface area (Å²) >= 11 is 5.93. The Kier molecular flexibility index (Phi) is 8.36. The average molecular weight is 602 g/mol. The Morgan fingerprint density at radius 2 is 2.02 bits per heavy atom. The molecule has 8 N–H and O–H groups in total. The van der Waals surface area contributed by atoms with Gasteiger partial charge in [0.25, 0.3) is 5.91 Å². The first-order chi connectivity index (χ1) is 18.7. The van der Waals surface area contributed by atoms with E-state index in [0.717, 1.165) is 10.1 Å². The van der Waals surface area contributed by atoms with Gasteiger partial charge in [-0.25, -0.2) is 19.4 Å². The highest BCUT2D eigenvalue weighted by molar-refractivity contribution is 7.46. The van der Waals surface area contributed by atoms with Gasteiger partial charge >= 0.3 is 13.7 Å². The summed E-state index contributed by atoms with van der Waals surface area (Å²) < 4.78 is 36.1. The number of rotatable bonds is 9. The highest BCUT2D eigenvalue weighted by Gasteiger charge is 2.54. The van der Waals surface area contributed by atoms with Crippen LogP contribution >= 0.6 is 19.3 Å². The van der Waals surface area contributed by atoms with Crippen molar-refractivity contribution in [1.29, 1.82) is 0 Å². The lowest BCUT2D eigenvalue weighted by Crippen LogP contribution is -2.87. The van der Waals surface area contributed by atoms with Gasteiger partial charge in [0.1, 0.15) is 24.2 Å². The summed E-state index contributed by atoms with van der Waals surface area (Å²) in [5.74, 6) is -1.37.